The molecule has 1 heterocycles. The third-order valence-corrected chi connectivity index (χ3v) is 2.67. The van der Waals surface area contributed by atoms with Crippen LogP contribution >= 0.6 is 0 Å². The highest BCUT2D eigenvalue weighted by atomic mass is 32.1. The van der Waals surface area contributed by atoms with Crippen LogP contribution in [0.15, 0.2) is 28.8 Å². The van der Waals surface area contributed by atoms with E-state index in [0.717, 1.165) is 12.1 Å². The monoisotopic (exact) mass is 283 g/mol. The molecule has 0 N–H and O–H groups in total. The highest BCUT2D eigenvalue weighted by molar-refractivity contribution is 7.47. The maximum Gasteiger partial charge on any atom is 0.187 e. The highest BCUT2D eigenvalue weighted by Gasteiger charge is 2.16. The minimum absolute atomic E-state index is 0.0454. The van der Waals surface area contributed by atoms with Crippen LogP contribution in [0.2, 0.25) is 0 Å². The van der Waals surface area contributed by atoms with Gasteiger partial charge in [-0.05, 0) is 19.1 Å². The minimum atomic E-state index is -0.599. The zero-order valence-corrected chi connectivity index (χ0v) is 11.0. The average molecular weight is 283 g/mol. The van der Waals surface area contributed by atoms with E-state index < -0.39 is 11.6 Å². The molecule has 0 spiro atoms. The molecule has 0 amide bonds. The molecule has 0 saturated carbocycles. The third kappa shape index (κ3) is 2.93. The van der Waals surface area contributed by atoms with E-state index in [2.05, 4.69) is 21.9 Å². The Kier molecular flexibility index (Phi) is 4.16. The Bertz CT molecular complexity index is 601. The van der Waals surface area contributed by atoms with Gasteiger partial charge in [0.25, 0.3) is 0 Å². The molecule has 0 fully saturated rings. The molecular formula is C12H11F2N3OS. The second kappa shape index (κ2) is 5.83. The van der Waals surface area contributed by atoms with E-state index in [0.29, 0.717) is 5.82 Å². The normalized spacial score (nSPS) is 10.5. The van der Waals surface area contributed by atoms with Crippen molar-refractivity contribution in [3.8, 4) is 5.75 Å². The van der Waals surface area contributed by atoms with Crippen LogP contribution < -0.4 is 4.74 Å². The standard InChI is InChI=1S/C12H11F2N3OS/c1-2-18-12-8(9(13)3-4-10(12)14)7-17-6-5-11(15-17)16-19/h3-6H,2,7H2,1H3. The number of aromatic nitrogens is 2. The molecule has 19 heavy (non-hydrogen) atoms. The second-order valence-corrected chi connectivity index (χ2v) is 3.92. The average Bonchev–Trinajstić information content (AvgIpc) is 2.86. The first-order chi connectivity index (χ1) is 9.15. The molecule has 7 heteroatoms. The summed E-state index contributed by atoms with van der Waals surface area (Å²) in [6.07, 6.45) is 1.59. The lowest BCUT2D eigenvalue weighted by atomic mass is 10.1. The van der Waals surface area contributed by atoms with E-state index in [4.69, 9.17) is 4.74 Å². The van der Waals surface area contributed by atoms with Gasteiger partial charge in [-0.1, -0.05) is 0 Å². The van der Waals surface area contributed by atoms with Gasteiger partial charge in [0.05, 0.1) is 18.7 Å². The number of benzene rings is 1. The molecular weight excluding hydrogens is 272 g/mol. The summed E-state index contributed by atoms with van der Waals surface area (Å²) in [5, 5.41) is 4.00. The van der Waals surface area contributed by atoms with Crippen molar-refractivity contribution < 1.29 is 13.5 Å². The lowest BCUT2D eigenvalue weighted by Gasteiger charge is -2.12. The molecule has 0 saturated heterocycles. The van der Waals surface area contributed by atoms with Gasteiger partial charge in [-0.15, -0.1) is 0 Å². The van der Waals surface area contributed by atoms with E-state index in [-0.39, 0.29) is 24.5 Å². The second-order valence-electron chi connectivity index (χ2n) is 3.73. The Hall–Kier alpha value is -1.89. The van der Waals surface area contributed by atoms with Crippen LogP contribution in [-0.4, -0.2) is 16.4 Å². The number of nitrogens with zero attached hydrogens (tertiary/aromatic N) is 3. The summed E-state index contributed by atoms with van der Waals surface area (Å²) in [6.45, 7) is 2.00. The summed E-state index contributed by atoms with van der Waals surface area (Å²) < 4.78 is 37.5. The molecule has 0 aliphatic carbocycles. The molecule has 100 valence electrons. The fraction of sp³-hybridized carbons (Fsp3) is 0.250. The van der Waals surface area contributed by atoms with E-state index in [1.54, 1.807) is 19.2 Å². The molecule has 2 aromatic rings. The highest BCUT2D eigenvalue weighted by Crippen LogP contribution is 2.26. The van der Waals surface area contributed by atoms with E-state index in [1.165, 1.54) is 4.68 Å². The molecule has 0 unspecified atom stereocenters. The van der Waals surface area contributed by atoms with Crippen LogP contribution in [0.5, 0.6) is 5.75 Å². The van der Waals surface area contributed by atoms with Crippen molar-refractivity contribution in [3.63, 3.8) is 0 Å². The van der Waals surface area contributed by atoms with Crippen molar-refractivity contribution >= 4 is 18.2 Å². The van der Waals surface area contributed by atoms with Crippen molar-refractivity contribution in [2.45, 2.75) is 13.5 Å². The Labute approximate surface area is 114 Å². The molecule has 0 aliphatic heterocycles. The molecule has 0 radical (unpaired) electrons. The minimum Gasteiger partial charge on any atom is -0.490 e. The van der Waals surface area contributed by atoms with Gasteiger partial charge < -0.3 is 4.74 Å². The van der Waals surface area contributed by atoms with Crippen LogP contribution in [-0.2, 0) is 19.0 Å². The maximum atomic E-state index is 13.8. The van der Waals surface area contributed by atoms with Crippen LogP contribution in [0.4, 0.5) is 14.6 Å². The Morgan fingerprint density at radius 2 is 2.05 bits per heavy atom. The van der Waals surface area contributed by atoms with Gasteiger partial charge in [-0.3, -0.25) is 4.68 Å². The van der Waals surface area contributed by atoms with Gasteiger partial charge in [0.1, 0.15) is 5.82 Å². The topological polar surface area (TPSA) is 39.4 Å². The summed E-state index contributed by atoms with van der Waals surface area (Å²) in [7, 11) is 0. The molecule has 4 nitrogen and oxygen atoms in total. The van der Waals surface area contributed by atoms with Gasteiger partial charge in [0.15, 0.2) is 17.4 Å². The number of ether oxygens (including phenoxy) is 1. The SMILES string of the molecule is CCOc1c(F)ccc(F)c1Cn1ccc(N=S)n1. The van der Waals surface area contributed by atoms with Crippen LogP contribution in [0.25, 0.3) is 0 Å². The Morgan fingerprint density at radius 3 is 2.68 bits per heavy atom. The largest absolute Gasteiger partial charge is 0.490 e. The van der Waals surface area contributed by atoms with Crippen LogP contribution in [0, 0.1) is 11.6 Å². The van der Waals surface area contributed by atoms with Crippen molar-refractivity contribution in [1.82, 2.24) is 9.78 Å². The smallest absolute Gasteiger partial charge is 0.187 e. The third-order valence-electron chi connectivity index (χ3n) is 2.48. The fourth-order valence-corrected chi connectivity index (χ4v) is 1.77. The first kappa shape index (κ1) is 13.5. The zero-order valence-electron chi connectivity index (χ0n) is 10.1. The van der Waals surface area contributed by atoms with Gasteiger partial charge in [0.2, 0.25) is 0 Å². The Balaban J connectivity index is 2.37. The Morgan fingerprint density at radius 1 is 1.32 bits per heavy atom. The lowest BCUT2D eigenvalue weighted by molar-refractivity contribution is 0.313. The summed E-state index contributed by atoms with van der Waals surface area (Å²) in [6, 6.07) is 3.69. The molecule has 0 aliphatic rings. The first-order valence-corrected chi connectivity index (χ1v) is 5.98. The summed E-state index contributed by atoms with van der Waals surface area (Å²) in [4.78, 5) is 0. The van der Waals surface area contributed by atoms with Gasteiger partial charge >= 0.3 is 0 Å². The van der Waals surface area contributed by atoms with Crippen LogP contribution in [0.3, 0.4) is 0 Å². The molecule has 0 atom stereocenters. The molecule has 1 aromatic carbocycles. The zero-order chi connectivity index (χ0) is 13.8. The van der Waals surface area contributed by atoms with Gasteiger partial charge in [-0.25, -0.2) is 8.78 Å². The van der Waals surface area contributed by atoms with E-state index >= 15 is 0 Å². The quantitative estimate of drug-likeness (QED) is 0.847. The van der Waals surface area contributed by atoms with Crippen molar-refractivity contribution in [3.05, 3.63) is 41.6 Å². The summed E-state index contributed by atoms with van der Waals surface area (Å²) in [5.41, 5.74) is 0.112. The molecule has 0 bridgehead atoms. The number of halogens is 2. The fourth-order valence-electron chi connectivity index (χ4n) is 1.67. The van der Waals surface area contributed by atoms with E-state index in [9.17, 15) is 8.78 Å². The summed E-state index contributed by atoms with van der Waals surface area (Å²) in [5.74, 6) is -0.879. The number of hydrogen-bond acceptors (Lipinski definition) is 4. The molecule has 2 rings (SSSR count). The van der Waals surface area contributed by atoms with Crippen LogP contribution in [0.1, 0.15) is 12.5 Å². The predicted octanol–water partition coefficient (Wildman–Crippen LogP) is 2.97. The van der Waals surface area contributed by atoms with Crippen molar-refractivity contribution in [2.24, 2.45) is 4.36 Å². The van der Waals surface area contributed by atoms with E-state index in [1.807, 2.05) is 0 Å². The number of rotatable bonds is 5. The number of hydrogen-bond donors (Lipinski definition) is 0. The predicted molar refractivity (Wildman–Crippen MR) is 68.3 cm³/mol. The van der Waals surface area contributed by atoms with Gasteiger partial charge in [-0.2, -0.15) is 9.46 Å². The lowest BCUT2D eigenvalue weighted by Crippen LogP contribution is -2.07. The molecule has 1 aromatic heterocycles. The summed E-state index contributed by atoms with van der Waals surface area (Å²) >= 11 is 4.50. The van der Waals surface area contributed by atoms with Crippen molar-refractivity contribution in [1.29, 1.82) is 0 Å². The maximum absolute atomic E-state index is 13.8. The first-order valence-electron chi connectivity index (χ1n) is 5.62. The van der Waals surface area contributed by atoms with Gasteiger partial charge in [0, 0.05) is 24.7 Å². The van der Waals surface area contributed by atoms with Crippen molar-refractivity contribution in [2.75, 3.05) is 6.61 Å².